The van der Waals surface area contributed by atoms with Crippen LogP contribution in [0.4, 0.5) is 0 Å². The summed E-state index contributed by atoms with van der Waals surface area (Å²) in [5.74, 6) is -0.0803. The number of nitrogens with one attached hydrogen (secondary N) is 1. The van der Waals surface area contributed by atoms with Crippen LogP contribution < -0.4 is 5.32 Å². The van der Waals surface area contributed by atoms with Crippen molar-refractivity contribution in [3.8, 4) is 11.3 Å². The number of rotatable bonds is 6. The first kappa shape index (κ1) is 16.6. The van der Waals surface area contributed by atoms with Crippen LogP contribution in [-0.4, -0.2) is 22.4 Å². The summed E-state index contributed by atoms with van der Waals surface area (Å²) in [6, 6.07) is 10.8. The van der Waals surface area contributed by atoms with Gasteiger partial charge in [0.05, 0.1) is 10.7 Å². The minimum Gasteiger partial charge on any atom is -0.352 e. The topological polar surface area (TPSA) is 54.9 Å². The quantitative estimate of drug-likeness (QED) is 0.672. The lowest BCUT2D eigenvalue weighted by molar-refractivity contribution is 0.0953. The van der Waals surface area contributed by atoms with Crippen molar-refractivity contribution in [2.45, 2.75) is 12.8 Å². The van der Waals surface area contributed by atoms with Crippen molar-refractivity contribution in [2.75, 3.05) is 6.54 Å². The second-order valence-corrected chi connectivity index (χ2v) is 6.61. The highest BCUT2D eigenvalue weighted by Crippen LogP contribution is 2.21. The van der Waals surface area contributed by atoms with E-state index in [1.165, 1.54) is 0 Å². The fourth-order valence-electron chi connectivity index (χ4n) is 2.23. The highest BCUT2D eigenvalue weighted by molar-refractivity contribution is 7.09. The Balaban J connectivity index is 1.46. The molecule has 0 saturated heterocycles. The van der Waals surface area contributed by atoms with E-state index in [2.05, 4.69) is 20.7 Å². The Morgan fingerprint density at radius 1 is 1.12 bits per heavy atom. The number of halogens is 1. The molecular weight excluding hydrogens is 342 g/mol. The Morgan fingerprint density at radius 3 is 2.62 bits per heavy atom. The van der Waals surface area contributed by atoms with Gasteiger partial charge in [-0.25, -0.2) is 4.98 Å². The highest BCUT2D eigenvalue weighted by Gasteiger charge is 2.06. The van der Waals surface area contributed by atoms with Gasteiger partial charge < -0.3 is 5.32 Å². The van der Waals surface area contributed by atoms with Gasteiger partial charge in [0.1, 0.15) is 0 Å². The van der Waals surface area contributed by atoms with Crippen molar-refractivity contribution >= 4 is 28.8 Å². The Morgan fingerprint density at radius 2 is 1.88 bits per heavy atom. The SMILES string of the molecule is O=C(NCCCc1nc(-c2ccncc2)cs1)c1ccc(Cl)cc1. The van der Waals surface area contributed by atoms with E-state index in [9.17, 15) is 4.79 Å². The van der Waals surface area contributed by atoms with Crippen LogP contribution in [0.1, 0.15) is 21.8 Å². The average Bonchev–Trinajstić information content (AvgIpc) is 3.09. The van der Waals surface area contributed by atoms with Gasteiger partial charge in [-0.2, -0.15) is 0 Å². The minimum absolute atomic E-state index is 0.0803. The predicted molar refractivity (Wildman–Crippen MR) is 97.5 cm³/mol. The summed E-state index contributed by atoms with van der Waals surface area (Å²) >= 11 is 7.46. The third kappa shape index (κ3) is 4.40. The molecule has 0 bridgehead atoms. The largest absolute Gasteiger partial charge is 0.352 e. The molecule has 1 N–H and O–H groups in total. The second-order valence-electron chi connectivity index (χ2n) is 5.23. The van der Waals surface area contributed by atoms with Crippen molar-refractivity contribution < 1.29 is 4.79 Å². The Bertz CT molecular complexity index is 803. The van der Waals surface area contributed by atoms with E-state index in [0.29, 0.717) is 17.1 Å². The maximum absolute atomic E-state index is 12.0. The summed E-state index contributed by atoms with van der Waals surface area (Å²) in [6.07, 6.45) is 5.22. The Kier molecular flexibility index (Phi) is 5.56. The van der Waals surface area contributed by atoms with Crippen LogP contribution in [0.5, 0.6) is 0 Å². The summed E-state index contributed by atoms with van der Waals surface area (Å²) < 4.78 is 0. The van der Waals surface area contributed by atoms with Crippen LogP contribution in [0.25, 0.3) is 11.3 Å². The van der Waals surface area contributed by atoms with Gasteiger partial charge in [0.15, 0.2) is 0 Å². The fraction of sp³-hybridized carbons (Fsp3) is 0.167. The van der Waals surface area contributed by atoms with E-state index in [-0.39, 0.29) is 5.91 Å². The van der Waals surface area contributed by atoms with E-state index in [0.717, 1.165) is 29.1 Å². The smallest absolute Gasteiger partial charge is 0.251 e. The first-order chi connectivity index (χ1) is 11.7. The number of aryl methyl sites for hydroxylation is 1. The first-order valence-corrected chi connectivity index (χ1v) is 8.87. The number of carbonyl (C=O) groups is 1. The molecule has 24 heavy (non-hydrogen) atoms. The fourth-order valence-corrected chi connectivity index (χ4v) is 3.20. The predicted octanol–water partition coefficient (Wildman–Crippen LogP) is 4.22. The van der Waals surface area contributed by atoms with Crippen LogP contribution in [0.15, 0.2) is 54.2 Å². The van der Waals surface area contributed by atoms with E-state index in [4.69, 9.17) is 11.6 Å². The molecule has 0 radical (unpaired) electrons. The molecule has 4 nitrogen and oxygen atoms in total. The molecule has 6 heteroatoms. The number of hydrogen-bond acceptors (Lipinski definition) is 4. The zero-order valence-corrected chi connectivity index (χ0v) is 14.5. The van der Waals surface area contributed by atoms with Crippen LogP contribution in [0, 0.1) is 0 Å². The van der Waals surface area contributed by atoms with Crippen molar-refractivity contribution in [3.63, 3.8) is 0 Å². The zero-order valence-electron chi connectivity index (χ0n) is 12.9. The first-order valence-electron chi connectivity index (χ1n) is 7.61. The van der Waals surface area contributed by atoms with Gasteiger partial charge in [-0.1, -0.05) is 11.6 Å². The molecule has 1 aromatic carbocycles. The molecule has 3 aromatic rings. The molecule has 0 aliphatic rings. The molecule has 0 unspecified atom stereocenters. The third-order valence-corrected chi connectivity index (χ3v) is 4.65. The van der Waals surface area contributed by atoms with Gasteiger partial charge in [-0.3, -0.25) is 9.78 Å². The van der Waals surface area contributed by atoms with E-state index >= 15 is 0 Å². The van der Waals surface area contributed by atoms with Gasteiger partial charge in [0.2, 0.25) is 0 Å². The number of aromatic nitrogens is 2. The van der Waals surface area contributed by atoms with Crippen LogP contribution >= 0.6 is 22.9 Å². The van der Waals surface area contributed by atoms with Crippen LogP contribution in [0.3, 0.4) is 0 Å². The third-order valence-electron chi connectivity index (χ3n) is 3.49. The molecule has 0 aliphatic carbocycles. The van der Waals surface area contributed by atoms with Gasteiger partial charge >= 0.3 is 0 Å². The van der Waals surface area contributed by atoms with E-state index < -0.39 is 0 Å². The number of hydrogen-bond donors (Lipinski definition) is 1. The number of benzene rings is 1. The summed E-state index contributed by atoms with van der Waals surface area (Å²) in [6.45, 7) is 0.617. The number of pyridine rings is 1. The molecule has 1 amide bonds. The molecule has 0 fully saturated rings. The summed E-state index contributed by atoms with van der Waals surface area (Å²) in [4.78, 5) is 20.6. The molecule has 0 saturated carbocycles. The van der Waals surface area contributed by atoms with Crippen LogP contribution in [-0.2, 0) is 6.42 Å². The second kappa shape index (κ2) is 8.04. The standard InChI is InChI=1S/C18H16ClN3OS/c19-15-5-3-14(4-6-15)18(23)21-9-1-2-17-22-16(12-24-17)13-7-10-20-11-8-13/h3-8,10-12H,1-2,9H2,(H,21,23). The van der Waals surface area contributed by atoms with E-state index in [1.54, 1.807) is 48.0 Å². The lowest BCUT2D eigenvalue weighted by Crippen LogP contribution is -2.24. The molecule has 2 aromatic heterocycles. The minimum atomic E-state index is -0.0803. The van der Waals surface area contributed by atoms with E-state index in [1.807, 2.05) is 12.1 Å². The molecule has 3 rings (SSSR count). The van der Waals surface area contributed by atoms with Crippen molar-refractivity contribution in [3.05, 3.63) is 69.8 Å². The molecule has 0 atom stereocenters. The lowest BCUT2D eigenvalue weighted by Gasteiger charge is -2.04. The molecular formula is C18H16ClN3OS. The Labute approximate surface area is 149 Å². The number of nitrogens with zero attached hydrogens (tertiary/aromatic N) is 2. The summed E-state index contributed by atoms with van der Waals surface area (Å²) in [5, 5.41) is 6.66. The average molecular weight is 358 g/mol. The molecule has 2 heterocycles. The monoisotopic (exact) mass is 357 g/mol. The van der Waals surface area contributed by atoms with Crippen LogP contribution in [0.2, 0.25) is 5.02 Å². The number of carbonyl (C=O) groups excluding carboxylic acids is 1. The highest BCUT2D eigenvalue weighted by atomic mass is 35.5. The van der Waals surface area contributed by atoms with Crippen molar-refractivity contribution in [1.29, 1.82) is 0 Å². The normalized spacial score (nSPS) is 10.5. The van der Waals surface area contributed by atoms with Gasteiger partial charge in [0.25, 0.3) is 5.91 Å². The number of thiazole rings is 1. The lowest BCUT2D eigenvalue weighted by atomic mass is 10.2. The molecule has 0 spiro atoms. The Hall–Kier alpha value is -2.24. The summed E-state index contributed by atoms with van der Waals surface area (Å²) in [7, 11) is 0. The zero-order chi connectivity index (χ0) is 16.8. The van der Waals surface area contributed by atoms with Gasteiger partial charge in [-0.05, 0) is 42.8 Å². The maximum Gasteiger partial charge on any atom is 0.251 e. The van der Waals surface area contributed by atoms with Crippen molar-refractivity contribution in [2.24, 2.45) is 0 Å². The van der Waals surface area contributed by atoms with Crippen molar-refractivity contribution in [1.82, 2.24) is 15.3 Å². The summed E-state index contributed by atoms with van der Waals surface area (Å²) in [5.41, 5.74) is 2.67. The van der Waals surface area contributed by atoms with Gasteiger partial charge in [-0.15, -0.1) is 11.3 Å². The molecule has 122 valence electrons. The number of amides is 1. The maximum atomic E-state index is 12.0. The molecule has 0 aliphatic heterocycles. The van der Waals surface area contributed by atoms with Gasteiger partial charge in [0, 0.05) is 46.9 Å².